The Balaban J connectivity index is 1.69. The molecule has 0 aromatic rings. The van der Waals surface area contributed by atoms with Crippen LogP contribution in [0.3, 0.4) is 0 Å². The van der Waals surface area contributed by atoms with Crippen LogP contribution < -0.4 is 28.3 Å². The fraction of sp³-hybridized carbons (Fsp3) is 0.895. The lowest BCUT2D eigenvalue weighted by atomic mass is 9.84. The number of aliphatic hydroxyl groups excluding tert-OH is 2. The first-order chi connectivity index (χ1) is 14.6. The Hall–Kier alpha value is -0.900. The van der Waals surface area contributed by atoms with Crippen molar-refractivity contribution in [2.24, 2.45) is 22.9 Å². The van der Waals surface area contributed by atoms with Gasteiger partial charge in [-0.2, -0.15) is 0 Å². The van der Waals surface area contributed by atoms with Crippen LogP contribution in [-0.2, 0) is 18.9 Å². The van der Waals surface area contributed by atoms with E-state index in [0.717, 1.165) is 0 Å². The normalized spacial score (nSPS) is 48.7. The minimum atomic E-state index is -1.29. The molecule has 12 nitrogen and oxygen atoms in total. The van der Waals surface area contributed by atoms with Crippen LogP contribution in [-0.4, -0.2) is 102 Å². The van der Waals surface area contributed by atoms with Gasteiger partial charge in [0, 0.05) is 12.1 Å². The molecule has 3 aliphatic rings. The minimum Gasteiger partial charge on any atom is -0.467 e. The molecular weight excluding hydrogens is 410 g/mol. The summed E-state index contributed by atoms with van der Waals surface area (Å²) in [5.74, 6) is 0.555. The highest BCUT2D eigenvalue weighted by atomic mass is 16.7. The van der Waals surface area contributed by atoms with Gasteiger partial charge in [0.1, 0.15) is 35.8 Å². The lowest BCUT2D eigenvalue weighted by molar-refractivity contribution is -0.303. The van der Waals surface area contributed by atoms with E-state index in [2.05, 4.69) is 5.32 Å². The lowest BCUT2D eigenvalue weighted by Crippen LogP contribution is -2.68. The van der Waals surface area contributed by atoms with Crippen LogP contribution in [0.2, 0.25) is 0 Å². The lowest BCUT2D eigenvalue weighted by Gasteiger charge is -2.48. The van der Waals surface area contributed by atoms with Gasteiger partial charge in [-0.25, -0.2) is 0 Å². The van der Waals surface area contributed by atoms with Gasteiger partial charge < -0.3 is 62.5 Å². The molecule has 12 heteroatoms. The van der Waals surface area contributed by atoms with Gasteiger partial charge in [0.15, 0.2) is 6.29 Å². The molecule has 0 aromatic carbocycles. The molecule has 0 aromatic heterocycles. The Labute approximate surface area is 181 Å². The maximum absolute atomic E-state index is 11.0. The quantitative estimate of drug-likeness (QED) is 0.196. The van der Waals surface area contributed by atoms with Crippen molar-refractivity contribution in [2.45, 2.75) is 86.5 Å². The molecule has 11 atom stereocenters. The van der Waals surface area contributed by atoms with Gasteiger partial charge in [0.05, 0.1) is 25.2 Å². The summed E-state index contributed by atoms with van der Waals surface area (Å²) in [6.07, 6.45) is -3.56. The van der Waals surface area contributed by atoms with Crippen LogP contribution in [0.5, 0.6) is 0 Å². The average molecular weight is 448 g/mol. The van der Waals surface area contributed by atoms with Gasteiger partial charge in [-0.15, -0.1) is 0 Å². The fourth-order valence-electron chi connectivity index (χ4n) is 4.44. The van der Waals surface area contributed by atoms with Crippen LogP contribution in [0, 0.1) is 0 Å². The number of rotatable bonds is 6. The van der Waals surface area contributed by atoms with Gasteiger partial charge in [-0.3, -0.25) is 0 Å². The van der Waals surface area contributed by atoms with Crippen LogP contribution in [0.4, 0.5) is 0 Å². The Morgan fingerprint density at radius 2 is 1.71 bits per heavy atom. The maximum atomic E-state index is 11.0. The number of aliphatic hydroxyl groups is 3. The molecule has 0 bridgehead atoms. The molecule has 0 radical (unpaired) electrons. The minimum absolute atomic E-state index is 0.0727. The molecule has 31 heavy (non-hydrogen) atoms. The van der Waals surface area contributed by atoms with Gasteiger partial charge in [-0.05, 0) is 32.9 Å². The zero-order valence-corrected chi connectivity index (χ0v) is 18.0. The molecule has 2 heterocycles. The highest BCUT2D eigenvalue weighted by Gasteiger charge is 2.50. The Kier molecular flexibility index (Phi) is 7.92. The molecule has 12 N–H and O–H groups in total. The van der Waals surface area contributed by atoms with Crippen molar-refractivity contribution in [3.05, 3.63) is 11.8 Å². The zero-order valence-electron chi connectivity index (χ0n) is 18.0. The van der Waals surface area contributed by atoms with Crippen molar-refractivity contribution in [1.82, 2.24) is 5.32 Å². The number of nitrogens with one attached hydrogen (secondary N) is 1. The fourth-order valence-corrected chi connectivity index (χ4v) is 4.44. The second kappa shape index (κ2) is 9.93. The van der Waals surface area contributed by atoms with E-state index in [1.165, 1.54) is 0 Å². The van der Waals surface area contributed by atoms with Crippen molar-refractivity contribution in [3.63, 3.8) is 0 Å². The van der Waals surface area contributed by atoms with E-state index in [-0.39, 0.29) is 13.2 Å². The van der Waals surface area contributed by atoms with Crippen LogP contribution in [0.15, 0.2) is 11.8 Å². The molecule has 180 valence electrons. The third kappa shape index (κ3) is 5.20. The summed E-state index contributed by atoms with van der Waals surface area (Å²) in [5.41, 5.74) is 22.9. The molecule has 1 saturated heterocycles. The summed E-state index contributed by atoms with van der Waals surface area (Å²) < 4.78 is 23.1. The summed E-state index contributed by atoms with van der Waals surface area (Å²) >= 11 is 0. The number of hydrogen-bond acceptors (Lipinski definition) is 12. The number of nitrogens with two attached hydrogens (primary N) is 4. The molecular formula is C19H37N5O7. The van der Waals surface area contributed by atoms with E-state index in [1.54, 1.807) is 20.0 Å². The predicted molar refractivity (Wildman–Crippen MR) is 110 cm³/mol. The van der Waals surface area contributed by atoms with Gasteiger partial charge in [0.25, 0.3) is 0 Å². The van der Waals surface area contributed by atoms with E-state index in [4.69, 9.17) is 41.9 Å². The summed E-state index contributed by atoms with van der Waals surface area (Å²) in [6, 6.07) is -2.37. The van der Waals surface area contributed by atoms with Crippen LogP contribution >= 0.6 is 0 Å². The third-order valence-corrected chi connectivity index (χ3v) is 6.22. The van der Waals surface area contributed by atoms with Crippen molar-refractivity contribution in [3.8, 4) is 0 Å². The smallest absolute Gasteiger partial charge is 0.215 e. The van der Waals surface area contributed by atoms with Gasteiger partial charge >= 0.3 is 0 Å². The van der Waals surface area contributed by atoms with Crippen molar-refractivity contribution in [2.75, 3.05) is 20.2 Å². The van der Waals surface area contributed by atoms with Crippen LogP contribution in [0.1, 0.15) is 19.8 Å². The number of likely N-dealkylation sites (N-methyl/N-ethyl adjacent to an activating group) is 1. The summed E-state index contributed by atoms with van der Waals surface area (Å²) in [6.45, 7) is 1.68. The highest BCUT2D eigenvalue weighted by molar-refractivity contribution is 5.04. The van der Waals surface area contributed by atoms with E-state index in [1.807, 2.05) is 0 Å². The molecule has 1 saturated carbocycles. The molecule has 3 rings (SSSR count). The van der Waals surface area contributed by atoms with Gasteiger partial charge in [0.2, 0.25) is 6.29 Å². The predicted octanol–water partition coefficient (Wildman–Crippen LogP) is -3.85. The molecule has 0 amide bonds. The van der Waals surface area contributed by atoms with Crippen molar-refractivity contribution in [1.29, 1.82) is 0 Å². The second-order valence-electron chi connectivity index (χ2n) is 8.81. The average Bonchev–Trinajstić information content (AvgIpc) is 2.71. The third-order valence-electron chi connectivity index (χ3n) is 6.22. The van der Waals surface area contributed by atoms with E-state index in [9.17, 15) is 15.3 Å². The van der Waals surface area contributed by atoms with Crippen molar-refractivity contribution >= 4 is 0 Å². The van der Waals surface area contributed by atoms with E-state index < -0.39 is 66.8 Å². The summed E-state index contributed by atoms with van der Waals surface area (Å²) in [7, 11) is 1.62. The maximum Gasteiger partial charge on any atom is 0.215 e. The van der Waals surface area contributed by atoms with Crippen LogP contribution in [0.25, 0.3) is 0 Å². The van der Waals surface area contributed by atoms with E-state index in [0.29, 0.717) is 18.6 Å². The SMILES string of the molecule is CN[C@@H]1[C@@H](O)[C@@H](OC2[C@H](N)C[C@H](N)[C@@H](O[C@H]3OC(CN)=CCC3N)[C@@H]2O)OC[C@]1(C)O. The summed E-state index contributed by atoms with van der Waals surface area (Å²) in [5, 5.41) is 34.9. The molecule has 2 unspecified atom stereocenters. The number of hydrogen-bond donors (Lipinski definition) is 8. The molecule has 1 aliphatic carbocycles. The highest BCUT2D eigenvalue weighted by Crippen LogP contribution is 2.31. The Morgan fingerprint density at radius 3 is 2.29 bits per heavy atom. The first-order valence-electron chi connectivity index (χ1n) is 10.6. The van der Waals surface area contributed by atoms with E-state index >= 15 is 0 Å². The molecule has 2 aliphatic heterocycles. The molecule has 0 spiro atoms. The topological polar surface area (TPSA) is 214 Å². The zero-order chi connectivity index (χ0) is 22.9. The summed E-state index contributed by atoms with van der Waals surface area (Å²) in [4.78, 5) is 0. The Morgan fingerprint density at radius 1 is 1.10 bits per heavy atom. The number of ether oxygens (including phenoxy) is 4. The molecule has 2 fully saturated rings. The van der Waals surface area contributed by atoms with Crippen molar-refractivity contribution < 1.29 is 34.3 Å². The van der Waals surface area contributed by atoms with Gasteiger partial charge in [-0.1, -0.05) is 0 Å². The standard InChI is InChI=1S/C19H37N5O7/c1-19(27)7-28-18(13(26)16(19)24-2)31-15-11(23)5-10(22)14(12(15)25)30-17-9(21)4-3-8(6-20)29-17/h3,9-18,24-27H,4-7,20-23H2,1-2H3/t9?,10-,11+,12-,13+,14+,15?,16+,17+,18+,19-/m0/s1. The largest absolute Gasteiger partial charge is 0.467 e. The second-order valence-corrected chi connectivity index (χ2v) is 8.81. The first kappa shape index (κ1) is 24.7. The first-order valence-corrected chi connectivity index (χ1v) is 10.6. The monoisotopic (exact) mass is 447 g/mol. The Bertz CT molecular complexity index is 639.